The number of aliphatic hydroxyl groups excluding tert-OH is 1. The van der Waals surface area contributed by atoms with Crippen LogP contribution in [-0.2, 0) is 22.7 Å². The number of hydrogen-bond acceptors (Lipinski definition) is 4. The van der Waals surface area contributed by atoms with Crippen LogP contribution in [0.5, 0.6) is 0 Å². The van der Waals surface area contributed by atoms with Crippen LogP contribution < -0.4 is 0 Å². The minimum absolute atomic E-state index is 0.0396. The monoisotopic (exact) mass is 426 g/mol. The SMILES string of the molecule is N#CCCCS(=O)(=O)N(Cc1ccccc1)CC(O)c1ccccc1C(F)(F)F. The standard InChI is InChI=1S/C20H21F3N2O3S/c21-20(22,23)18-11-5-4-10-17(18)19(26)15-25(14-16-8-2-1-3-9-16)29(27,28)13-7-6-12-24/h1-5,8-11,19,26H,6-7,13-15H2. The van der Waals surface area contributed by atoms with E-state index in [0.717, 1.165) is 16.4 Å². The van der Waals surface area contributed by atoms with Crippen LogP contribution in [0.4, 0.5) is 13.2 Å². The van der Waals surface area contributed by atoms with Crippen molar-refractivity contribution in [1.29, 1.82) is 5.26 Å². The van der Waals surface area contributed by atoms with Crippen LogP contribution >= 0.6 is 0 Å². The van der Waals surface area contributed by atoms with Gasteiger partial charge in [0.25, 0.3) is 0 Å². The first-order valence-corrected chi connectivity index (χ1v) is 10.5. The smallest absolute Gasteiger partial charge is 0.387 e. The fourth-order valence-corrected chi connectivity index (χ4v) is 4.34. The van der Waals surface area contributed by atoms with E-state index in [2.05, 4.69) is 0 Å². The van der Waals surface area contributed by atoms with Gasteiger partial charge in [-0.15, -0.1) is 0 Å². The maximum absolute atomic E-state index is 13.3. The molecule has 1 atom stereocenters. The molecule has 0 fully saturated rings. The molecule has 1 N–H and O–H groups in total. The van der Waals surface area contributed by atoms with Gasteiger partial charge in [0, 0.05) is 19.5 Å². The lowest BCUT2D eigenvalue weighted by Gasteiger charge is -2.26. The highest BCUT2D eigenvalue weighted by molar-refractivity contribution is 7.89. The molecule has 9 heteroatoms. The van der Waals surface area contributed by atoms with Crippen LogP contribution in [-0.4, -0.2) is 30.1 Å². The third kappa shape index (κ3) is 6.56. The van der Waals surface area contributed by atoms with Crippen molar-refractivity contribution >= 4 is 10.0 Å². The van der Waals surface area contributed by atoms with Gasteiger partial charge in [0.15, 0.2) is 0 Å². The van der Waals surface area contributed by atoms with E-state index in [-0.39, 0.29) is 30.7 Å². The summed E-state index contributed by atoms with van der Waals surface area (Å²) < 4.78 is 66.2. The first-order chi connectivity index (χ1) is 13.6. The van der Waals surface area contributed by atoms with E-state index in [1.54, 1.807) is 30.3 Å². The molecule has 2 aromatic rings. The Morgan fingerprint density at radius 1 is 1.07 bits per heavy atom. The molecule has 2 aromatic carbocycles. The molecule has 0 spiro atoms. The average Bonchev–Trinajstić information content (AvgIpc) is 2.67. The number of hydrogen-bond donors (Lipinski definition) is 1. The molecule has 29 heavy (non-hydrogen) atoms. The van der Waals surface area contributed by atoms with Crippen LogP contribution in [0.25, 0.3) is 0 Å². The highest BCUT2D eigenvalue weighted by Gasteiger charge is 2.35. The fraction of sp³-hybridized carbons (Fsp3) is 0.350. The third-order valence-corrected chi connectivity index (χ3v) is 6.16. The van der Waals surface area contributed by atoms with Gasteiger partial charge in [-0.3, -0.25) is 0 Å². The molecule has 0 aromatic heterocycles. The quantitative estimate of drug-likeness (QED) is 0.617. The van der Waals surface area contributed by atoms with Gasteiger partial charge < -0.3 is 5.11 Å². The average molecular weight is 426 g/mol. The highest BCUT2D eigenvalue weighted by atomic mass is 32.2. The molecule has 0 bridgehead atoms. The second-order valence-corrected chi connectivity index (χ2v) is 8.55. The van der Waals surface area contributed by atoms with E-state index < -0.39 is 34.4 Å². The minimum Gasteiger partial charge on any atom is -0.387 e. The molecule has 0 saturated carbocycles. The van der Waals surface area contributed by atoms with Crippen molar-refractivity contribution < 1.29 is 26.7 Å². The van der Waals surface area contributed by atoms with E-state index in [9.17, 15) is 26.7 Å². The summed E-state index contributed by atoms with van der Waals surface area (Å²) in [6.45, 7) is -0.627. The second kappa shape index (κ2) is 9.87. The Morgan fingerprint density at radius 3 is 2.31 bits per heavy atom. The van der Waals surface area contributed by atoms with Crippen molar-refractivity contribution in [1.82, 2.24) is 4.31 Å². The van der Waals surface area contributed by atoms with E-state index in [1.165, 1.54) is 12.1 Å². The lowest BCUT2D eigenvalue weighted by Crippen LogP contribution is -2.36. The number of rotatable bonds is 9. The molecule has 1 unspecified atom stereocenters. The molecule has 0 radical (unpaired) electrons. The van der Waals surface area contributed by atoms with Gasteiger partial charge in [-0.1, -0.05) is 48.5 Å². The summed E-state index contributed by atoms with van der Waals surface area (Å²) in [5, 5.41) is 19.1. The minimum atomic E-state index is -4.67. The predicted molar refractivity (Wildman–Crippen MR) is 102 cm³/mol. The molecule has 0 heterocycles. The van der Waals surface area contributed by atoms with Crippen molar-refractivity contribution in [2.45, 2.75) is 31.7 Å². The van der Waals surface area contributed by atoms with E-state index in [0.29, 0.717) is 5.56 Å². The fourth-order valence-electron chi connectivity index (χ4n) is 2.86. The van der Waals surface area contributed by atoms with E-state index in [1.807, 2.05) is 6.07 Å². The van der Waals surface area contributed by atoms with Crippen LogP contribution in [0.3, 0.4) is 0 Å². The maximum atomic E-state index is 13.3. The summed E-state index contributed by atoms with van der Waals surface area (Å²) >= 11 is 0. The number of unbranched alkanes of at least 4 members (excludes halogenated alkanes) is 1. The van der Waals surface area contributed by atoms with E-state index >= 15 is 0 Å². The number of benzene rings is 2. The Balaban J connectivity index is 2.31. The topological polar surface area (TPSA) is 81.4 Å². The van der Waals surface area contributed by atoms with Gasteiger partial charge in [0.2, 0.25) is 10.0 Å². The molecule has 0 aliphatic rings. The molecule has 5 nitrogen and oxygen atoms in total. The summed E-state index contributed by atoms with van der Waals surface area (Å²) in [5.74, 6) is -0.332. The summed E-state index contributed by atoms with van der Waals surface area (Å²) in [7, 11) is -3.90. The normalized spacial score (nSPS) is 13.2. The molecule has 0 saturated heterocycles. The third-order valence-electron chi connectivity index (χ3n) is 4.29. The Morgan fingerprint density at radius 2 is 1.69 bits per heavy atom. The Labute approximate surface area is 168 Å². The summed E-state index contributed by atoms with van der Waals surface area (Å²) in [5.41, 5.74) is -0.757. The van der Waals surface area contributed by atoms with Gasteiger partial charge in [0.1, 0.15) is 0 Å². The summed E-state index contributed by atoms with van der Waals surface area (Å²) in [6, 6.07) is 15.0. The Bertz CT molecular complexity index is 941. The van der Waals surface area contributed by atoms with Crippen molar-refractivity contribution in [2.24, 2.45) is 0 Å². The molecule has 2 rings (SSSR count). The lowest BCUT2D eigenvalue weighted by atomic mass is 10.0. The second-order valence-electron chi connectivity index (χ2n) is 6.46. The molecule has 156 valence electrons. The van der Waals surface area contributed by atoms with Gasteiger partial charge in [0.05, 0.1) is 23.5 Å². The number of halogens is 3. The molecule has 0 aliphatic carbocycles. The zero-order chi connectivity index (χ0) is 21.5. The first kappa shape index (κ1) is 22.9. The number of nitrogens with zero attached hydrogens (tertiary/aromatic N) is 2. The van der Waals surface area contributed by atoms with Gasteiger partial charge in [-0.05, 0) is 23.6 Å². The number of nitriles is 1. The Kier molecular flexibility index (Phi) is 7.79. The predicted octanol–water partition coefficient (Wildman–Crippen LogP) is 3.87. The molecule has 0 amide bonds. The molecular weight excluding hydrogens is 405 g/mol. The van der Waals surface area contributed by atoms with Gasteiger partial charge in [-0.2, -0.15) is 22.7 Å². The Hall–Kier alpha value is -2.41. The first-order valence-electron chi connectivity index (χ1n) is 8.88. The summed E-state index contributed by atoms with van der Waals surface area (Å²) in [6.07, 6.45) is -6.20. The van der Waals surface area contributed by atoms with Gasteiger partial charge in [-0.25, -0.2) is 8.42 Å². The van der Waals surface area contributed by atoms with Gasteiger partial charge >= 0.3 is 6.18 Å². The zero-order valence-electron chi connectivity index (χ0n) is 15.5. The molecule has 0 aliphatic heterocycles. The lowest BCUT2D eigenvalue weighted by molar-refractivity contribution is -0.139. The van der Waals surface area contributed by atoms with Crippen molar-refractivity contribution in [3.8, 4) is 6.07 Å². The van der Waals surface area contributed by atoms with Crippen LogP contribution in [0.2, 0.25) is 0 Å². The highest BCUT2D eigenvalue weighted by Crippen LogP contribution is 2.35. The van der Waals surface area contributed by atoms with Crippen LogP contribution in [0.15, 0.2) is 54.6 Å². The largest absolute Gasteiger partial charge is 0.416 e. The van der Waals surface area contributed by atoms with Crippen molar-refractivity contribution in [3.63, 3.8) is 0 Å². The zero-order valence-corrected chi connectivity index (χ0v) is 16.3. The molecular formula is C20H21F3N2O3S. The van der Waals surface area contributed by atoms with Crippen LogP contribution in [0, 0.1) is 11.3 Å². The maximum Gasteiger partial charge on any atom is 0.416 e. The number of sulfonamides is 1. The number of alkyl halides is 3. The van der Waals surface area contributed by atoms with Crippen molar-refractivity contribution in [3.05, 3.63) is 71.3 Å². The van der Waals surface area contributed by atoms with Crippen molar-refractivity contribution in [2.75, 3.05) is 12.3 Å². The van der Waals surface area contributed by atoms with Crippen LogP contribution in [0.1, 0.15) is 35.6 Å². The van der Waals surface area contributed by atoms with E-state index in [4.69, 9.17) is 5.26 Å². The number of aliphatic hydroxyl groups is 1. The summed E-state index contributed by atoms with van der Waals surface area (Å²) in [4.78, 5) is 0.